The third-order valence-corrected chi connectivity index (χ3v) is 3.04. The molecule has 0 aliphatic rings. The molecule has 0 bridgehead atoms. The quantitative estimate of drug-likeness (QED) is 0.219. The zero-order valence-electron chi connectivity index (χ0n) is 13.2. The van der Waals surface area contributed by atoms with E-state index in [4.69, 9.17) is 0 Å². The van der Waals surface area contributed by atoms with Crippen molar-refractivity contribution in [3.05, 3.63) is 12.7 Å². The number of hydrogen-bond acceptors (Lipinski definition) is 3. The van der Waals surface area contributed by atoms with Gasteiger partial charge in [0.1, 0.15) is 0 Å². The minimum absolute atomic E-state index is 0.129. The SMILES string of the molecule is C=CCCCN(C)C(=NC)NCCCCCC(=O)OC. The Morgan fingerprint density at radius 1 is 1.35 bits per heavy atom. The highest BCUT2D eigenvalue weighted by atomic mass is 16.5. The summed E-state index contributed by atoms with van der Waals surface area (Å²) >= 11 is 0. The van der Waals surface area contributed by atoms with Crippen molar-refractivity contribution in [1.82, 2.24) is 10.2 Å². The summed E-state index contributed by atoms with van der Waals surface area (Å²) in [5.41, 5.74) is 0. The van der Waals surface area contributed by atoms with Crippen LogP contribution in [0.1, 0.15) is 38.5 Å². The van der Waals surface area contributed by atoms with Crippen LogP contribution in [0.3, 0.4) is 0 Å². The zero-order chi connectivity index (χ0) is 15.2. The standard InChI is InChI=1S/C15H29N3O2/c1-5-6-10-13-18(3)15(16-2)17-12-9-7-8-11-14(19)20-4/h5H,1,6-13H2,2-4H3,(H,16,17). The Labute approximate surface area is 123 Å². The van der Waals surface area contributed by atoms with Gasteiger partial charge in [-0.15, -0.1) is 6.58 Å². The molecule has 0 aliphatic carbocycles. The first-order chi connectivity index (χ1) is 9.65. The number of nitrogens with one attached hydrogen (secondary N) is 1. The molecule has 1 N–H and O–H groups in total. The maximum absolute atomic E-state index is 10.9. The molecular formula is C15H29N3O2. The largest absolute Gasteiger partial charge is 0.469 e. The number of unbranched alkanes of at least 4 members (excludes halogenated alkanes) is 3. The molecule has 0 radical (unpaired) electrons. The van der Waals surface area contributed by atoms with E-state index in [9.17, 15) is 4.79 Å². The Bertz CT molecular complexity index is 303. The second kappa shape index (κ2) is 12.5. The molecular weight excluding hydrogens is 254 g/mol. The topological polar surface area (TPSA) is 53.9 Å². The van der Waals surface area contributed by atoms with Gasteiger partial charge in [-0.25, -0.2) is 0 Å². The van der Waals surface area contributed by atoms with Crippen LogP contribution in [0.2, 0.25) is 0 Å². The molecule has 0 saturated heterocycles. The summed E-state index contributed by atoms with van der Waals surface area (Å²) in [6.45, 7) is 5.56. The van der Waals surface area contributed by atoms with Gasteiger partial charge in [-0.05, 0) is 25.7 Å². The third kappa shape index (κ3) is 9.42. The smallest absolute Gasteiger partial charge is 0.305 e. The molecule has 0 aromatic heterocycles. The van der Waals surface area contributed by atoms with Crippen LogP contribution in [0.25, 0.3) is 0 Å². The van der Waals surface area contributed by atoms with E-state index >= 15 is 0 Å². The van der Waals surface area contributed by atoms with E-state index < -0.39 is 0 Å². The van der Waals surface area contributed by atoms with E-state index in [1.165, 1.54) is 7.11 Å². The summed E-state index contributed by atoms with van der Waals surface area (Å²) in [7, 11) is 5.26. The van der Waals surface area contributed by atoms with Crippen molar-refractivity contribution in [3.8, 4) is 0 Å². The van der Waals surface area contributed by atoms with Gasteiger partial charge in [0, 0.05) is 33.6 Å². The number of nitrogens with zero attached hydrogens (tertiary/aromatic N) is 2. The minimum Gasteiger partial charge on any atom is -0.469 e. The van der Waals surface area contributed by atoms with Crippen LogP contribution in [0.4, 0.5) is 0 Å². The summed E-state index contributed by atoms with van der Waals surface area (Å²) < 4.78 is 4.60. The van der Waals surface area contributed by atoms with Crippen molar-refractivity contribution in [2.24, 2.45) is 4.99 Å². The molecule has 0 amide bonds. The number of guanidine groups is 1. The molecule has 0 aromatic rings. The molecule has 0 heterocycles. The lowest BCUT2D eigenvalue weighted by Gasteiger charge is -2.21. The van der Waals surface area contributed by atoms with Gasteiger partial charge in [0.25, 0.3) is 0 Å². The molecule has 5 heteroatoms. The van der Waals surface area contributed by atoms with Crippen LogP contribution in [0.15, 0.2) is 17.6 Å². The Morgan fingerprint density at radius 2 is 2.10 bits per heavy atom. The molecule has 5 nitrogen and oxygen atoms in total. The first kappa shape index (κ1) is 18.5. The Morgan fingerprint density at radius 3 is 2.70 bits per heavy atom. The molecule has 0 rings (SSSR count). The van der Waals surface area contributed by atoms with Crippen molar-refractivity contribution >= 4 is 11.9 Å². The molecule has 0 spiro atoms. The molecule has 0 aliphatic heterocycles. The van der Waals surface area contributed by atoms with Gasteiger partial charge in [0.2, 0.25) is 0 Å². The van der Waals surface area contributed by atoms with Crippen LogP contribution in [0, 0.1) is 0 Å². The van der Waals surface area contributed by atoms with Crippen molar-refractivity contribution in [3.63, 3.8) is 0 Å². The summed E-state index contributed by atoms with van der Waals surface area (Å²) in [4.78, 5) is 17.3. The highest BCUT2D eigenvalue weighted by Crippen LogP contribution is 2.00. The Hall–Kier alpha value is -1.52. The van der Waals surface area contributed by atoms with Crippen LogP contribution < -0.4 is 5.32 Å². The lowest BCUT2D eigenvalue weighted by molar-refractivity contribution is -0.140. The van der Waals surface area contributed by atoms with Gasteiger partial charge in [-0.3, -0.25) is 9.79 Å². The number of ether oxygens (including phenoxy) is 1. The average Bonchev–Trinajstić information content (AvgIpc) is 2.46. The number of carbonyl (C=O) groups excluding carboxylic acids is 1. The third-order valence-electron chi connectivity index (χ3n) is 3.04. The number of hydrogen-bond donors (Lipinski definition) is 1. The van der Waals surface area contributed by atoms with Crippen molar-refractivity contribution in [2.45, 2.75) is 38.5 Å². The van der Waals surface area contributed by atoms with Crippen molar-refractivity contribution < 1.29 is 9.53 Å². The van der Waals surface area contributed by atoms with E-state index in [-0.39, 0.29) is 5.97 Å². The van der Waals surface area contributed by atoms with Gasteiger partial charge in [0.15, 0.2) is 5.96 Å². The molecule has 0 aromatic carbocycles. The number of esters is 1. The monoisotopic (exact) mass is 283 g/mol. The normalized spacial score (nSPS) is 11.1. The first-order valence-electron chi connectivity index (χ1n) is 7.25. The fourth-order valence-corrected chi connectivity index (χ4v) is 1.84. The van der Waals surface area contributed by atoms with Gasteiger partial charge < -0.3 is 15.0 Å². The molecule has 0 atom stereocenters. The van der Waals surface area contributed by atoms with Crippen LogP contribution in [-0.4, -0.2) is 51.1 Å². The lowest BCUT2D eigenvalue weighted by atomic mass is 10.2. The second-order valence-electron chi connectivity index (χ2n) is 4.71. The highest BCUT2D eigenvalue weighted by molar-refractivity contribution is 5.79. The second-order valence-corrected chi connectivity index (χ2v) is 4.71. The minimum atomic E-state index is -0.129. The molecule has 0 unspecified atom stereocenters. The van der Waals surface area contributed by atoms with Crippen LogP contribution in [-0.2, 0) is 9.53 Å². The van der Waals surface area contributed by atoms with E-state index in [1.54, 1.807) is 7.05 Å². The van der Waals surface area contributed by atoms with E-state index in [2.05, 4.69) is 26.5 Å². The number of rotatable bonds is 10. The maximum atomic E-state index is 10.9. The number of carbonyl (C=O) groups is 1. The molecule has 0 saturated carbocycles. The Kier molecular flexibility index (Phi) is 11.6. The fourth-order valence-electron chi connectivity index (χ4n) is 1.84. The number of aliphatic imine (C=N–C) groups is 1. The first-order valence-corrected chi connectivity index (χ1v) is 7.25. The fraction of sp³-hybridized carbons (Fsp3) is 0.733. The van der Waals surface area contributed by atoms with Crippen LogP contribution in [0.5, 0.6) is 0 Å². The maximum Gasteiger partial charge on any atom is 0.305 e. The van der Waals surface area contributed by atoms with E-state index in [1.807, 2.05) is 13.1 Å². The summed E-state index contributed by atoms with van der Waals surface area (Å²) in [6.07, 6.45) is 7.46. The van der Waals surface area contributed by atoms with Gasteiger partial charge in [-0.2, -0.15) is 0 Å². The van der Waals surface area contributed by atoms with Gasteiger partial charge in [0.05, 0.1) is 7.11 Å². The predicted octanol–water partition coefficient (Wildman–Crippen LogP) is 2.19. The van der Waals surface area contributed by atoms with Gasteiger partial charge in [-0.1, -0.05) is 12.5 Å². The highest BCUT2D eigenvalue weighted by Gasteiger charge is 2.04. The van der Waals surface area contributed by atoms with E-state index in [0.29, 0.717) is 6.42 Å². The zero-order valence-corrected chi connectivity index (χ0v) is 13.2. The van der Waals surface area contributed by atoms with Crippen molar-refractivity contribution in [1.29, 1.82) is 0 Å². The summed E-state index contributed by atoms with van der Waals surface area (Å²) in [5, 5.41) is 3.33. The van der Waals surface area contributed by atoms with Crippen LogP contribution >= 0.6 is 0 Å². The van der Waals surface area contributed by atoms with Crippen molar-refractivity contribution in [2.75, 3.05) is 34.3 Å². The molecule has 20 heavy (non-hydrogen) atoms. The average molecular weight is 283 g/mol. The number of methoxy groups -OCH3 is 1. The van der Waals surface area contributed by atoms with Gasteiger partial charge >= 0.3 is 5.97 Å². The Balaban J connectivity index is 3.69. The van der Waals surface area contributed by atoms with E-state index in [0.717, 1.165) is 51.2 Å². The summed E-state index contributed by atoms with van der Waals surface area (Å²) in [6, 6.07) is 0. The molecule has 116 valence electrons. The lowest BCUT2D eigenvalue weighted by Crippen LogP contribution is -2.39. The number of allylic oxidation sites excluding steroid dienone is 1. The summed E-state index contributed by atoms with van der Waals surface area (Å²) in [5.74, 6) is 0.790. The predicted molar refractivity (Wildman–Crippen MR) is 83.9 cm³/mol. The molecule has 0 fully saturated rings.